The maximum Gasteiger partial charge on any atom is 0.343 e. The lowest BCUT2D eigenvalue weighted by molar-refractivity contribution is -0.140. The fourth-order valence-electron chi connectivity index (χ4n) is 4.53. The molecule has 2 atom stereocenters. The van der Waals surface area contributed by atoms with Crippen molar-refractivity contribution < 1.29 is 19.1 Å². The van der Waals surface area contributed by atoms with Crippen molar-refractivity contribution in [3.05, 3.63) is 76.0 Å². The summed E-state index contributed by atoms with van der Waals surface area (Å²) in [5.41, 5.74) is 3.36. The summed E-state index contributed by atoms with van der Waals surface area (Å²) in [6.45, 7) is 6.73. The van der Waals surface area contributed by atoms with Crippen LogP contribution in [0.25, 0.3) is 0 Å². The Bertz CT molecular complexity index is 1050. The van der Waals surface area contributed by atoms with Crippen molar-refractivity contribution in [2.45, 2.75) is 52.3 Å². The number of ketones is 1. The molecular formula is C26H28ClNO4. The van der Waals surface area contributed by atoms with E-state index in [2.05, 4.69) is 18.7 Å². The molecule has 0 bridgehead atoms. The molecule has 5 nitrogen and oxygen atoms in total. The smallest absolute Gasteiger partial charge is 0.343 e. The van der Waals surface area contributed by atoms with Crippen molar-refractivity contribution >= 4 is 23.4 Å². The molecule has 6 heteroatoms. The SMILES string of the molecule is CCOC(=O)C1=CN2C(CC1=O)c1cc(Cl)c(OCc3ccccc3)cc1CC2C(C)C. The number of hydrogen-bond donors (Lipinski definition) is 0. The molecule has 0 N–H and O–H groups in total. The third kappa shape index (κ3) is 4.40. The number of benzene rings is 2. The van der Waals surface area contributed by atoms with Gasteiger partial charge in [-0.25, -0.2) is 4.79 Å². The van der Waals surface area contributed by atoms with Gasteiger partial charge in [-0.3, -0.25) is 4.79 Å². The molecule has 2 aromatic carbocycles. The third-order valence-electron chi connectivity index (χ3n) is 6.18. The molecule has 2 aromatic rings. The molecule has 2 aliphatic rings. The van der Waals surface area contributed by atoms with Gasteiger partial charge in [0, 0.05) is 18.7 Å². The highest BCUT2D eigenvalue weighted by Gasteiger charge is 2.41. The average Bonchev–Trinajstić information content (AvgIpc) is 2.77. The van der Waals surface area contributed by atoms with Crippen LogP contribution in [0.5, 0.6) is 5.75 Å². The van der Waals surface area contributed by atoms with Crippen molar-refractivity contribution in [2.75, 3.05) is 6.61 Å². The van der Waals surface area contributed by atoms with Crippen molar-refractivity contribution in [2.24, 2.45) is 5.92 Å². The van der Waals surface area contributed by atoms with E-state index in [-0.39, 0.29) is 36.5 Å². The van der Waals surface area contributed by atoms with Crippen molar-refractivity contribution in [1.29, 1.82) is 0 Å². The zero-order chi connectivity index (χ0) is 22.8. The predicted molar refractivity (Wildman–Crippen MR) is 123 cm³/mol. The lowest BCUT2D eigenvalue weighted by atomic mass is 9.80. The Labute approximate surface area is 194 Å². The monoisotopic (exact) mass is 453 g/mol. The molecule has 2 unspecified atom stereocenters. The van der Waals surface area contributed by atoms with Gasteiger partial charge in [0.2, 0.25) is 0 Å². The standard InChI is InChI=1S/C26H28ClNO4/c1-4-31-26(30)20-14-28-22(16(2)3)10-18-11-25(32-15-17-8-6-5-7-9-17)21(27)12-19(18)23(28)13-24(20)29/h5-9,11-12,14,16,22-23H,4,10,13,15H2,1-3H3. The molecule has 2 aliphatic heterocycles. The Morgan fingerprint density at radius 2 is 1.94 bits per heavy atom. The zero-order valence-electron chi connectivity index (χ0n) is 18.6. The number of Topliss-reactive ketones (excluding diaryl/α,β-unsaturated/α-hetero) is 1. The van der Waals surface area contributed by atoms with Gasteiger partial charge < -0.3 is 14.4 Å². The van der Waals surface area contributed by atoms with Gasteiger partial charge in [-0.1, -0.05) is 55.8 Å². The highest BCUT2D eigenvalue weighted by Crippen LogP contribution is 2.44. The molecule has 0 amide bonds. The summed E-state index contributed by atoms with van der Waals surface area (Å²) in [4.78, 5) is 27.3. The largest absolute Gasteiger partial charge is 0.487 e. The average molecular weight is 454 g/mol. The summed E-state index contributed by atoms with van der Waals surface area (Å²) >= 11 is 6.60. The van der Waals surface area contributed by atoms with E-state index in [1.165, 1.54) is 0 Å². The molecule has 0 saturated carbocycles. The van der Waals surface area contributed by atoms with Gasteiger partial charge in [-0.2, -0.15) is 0 Å². The number of carbonyl (C=O) groups is 2. The van der Waals surface area contributed by atoms with Crippen LogP contribution in [0, 0.1) is 5.92 Å². The van der Waals surface area contributed by atoms with Gasteiger partial charge in [0.15, 0.2) is 5.78 Å². The quantitative estimate of drug-likeness (QED) is 0.441. The molecule has 168 valence electrons. The molecule has 0 radical (unpaired) electrons. The van der Waals surface area contributed by atoms with E-state index in [1.807, 2.05) is 42.5 Å². The number of fused-ring (bicyclic) bond motifs is 3. The maximum absolute atomic E-state index is 12.8. The molecule has 4 rings (SSSR count). The Morgan fingerprint density at radius 1 is 1.19 bits per heavy atom. The van der Waals surface area contributed by atoms with E-state index in [0.717, 1.165) is 23.1 Å². The topological polar surface area (TPSA) is 55.8 Å². The number of hydrogen-bond acceptors (Lipinski definition) is 5. The molecule has 0 saturated heterocycles. The number of halogens is 1. The van der Waals surface area contributed by atoms with Gasteiger partial charge in [-0.05, 0) is 48.1 Å². The molecule has 0 aromatic heterocycles. The molecule has 32 heavy (non-hydrogen) atoms. The van der Waals surface area contributed by atoms with Crippen LogP contribution in [-0.2, 0) is 27.4 Å². The summed E-state index contributed by atoms with van der Waals surface area (Å²) in [6, 6.07) is 13.9. The number of ether oxygens (including phenoxy) is 2. The molecule has 0 spiro atoms. The number of carbonyl (C=O) groups excluding carboxylic acids is 2. The van der Waals surface area contributed by atoms with Crippen molar-refractivity contribution in [3.63, 3.8) is 0 Å². The van der Waals surface area contributed by atoms with Gasteiger partial charge in [0.05, 0.1) is 17.7 Å². The fraction of sp³-hybridized carbons (Fsp3) is 0.385. The van der Waals surface area contributed by atoms with Crippen LogP contribution in [0.1, 0.15) is 49.9 Å². The van der Waals surface area contributed by atoms with E-state index in [1.54, 1.807) is 13.1 Å². The van der Waals surface area contributed by atoms with Crippen LogP contribution in [0.3, 0.4) is 0 Å². The van der Waals surface area contributed by atoms with Crippen LogP contribution >= 0.6 is 11.6 Å². The molecule has 0 aliphatic carbocycles. The minimum Gasteiger partial charge on any atom is -0.487 e. The lowest BCUT2D eigenvalue weighted by Crippen LogP contribution is -2.47. The molecule has 0 fully saturated rings. The van der Waals surface area contributed by atoms with Crippen molar-refractivity contribution in [3.8, 4) is 5.75 Å². The lowest BCUT2D eigenvalue weighted by Gasteiger charge is -2.46. The van der Waals surface area contributed by atoms with E-state index in [4.69, 9.17) is 21.1 Å². The Morgan fingerprint density at radius 3 is 2.62 bits per heavy atom. The Kier molecular flexibility index (Phi) is 6.56. The first-order valence-corrected chi connectivity index (χ1v) is 11.5. The van der Waals surface area contributed by atoms with Gasteiger partial charge in [-0.15, -0.1) is 0 Å². The third-order valence-corrected chi connectivity index (χ3v) is 6.48. The second-order valence-electron chi connectivity index (χ2n) is 8.62. The first-order chi connectivity index (χ1) is 15.4. The van der Waals surface area contributed by atoms with Crippen LogP contribution in [0.2, 0.25) is 5.02 Å². The maximum atomic E-state index is 12.8. The van der Waals surface area contributed by atoms with Gasteiger partial charge in [0.1, 0.15) is 17.9 Å². The first kappa shape index (κ1) is 22.4. The summed E-state index contributed by atoms with van der Waals surface area (Å²) < 4.78 is 11.1. The van der Waals surface area contributed by atoms with Crippen LogP contribution in [-0.4, -0.2) is 29.3 Å². The summed E-state index contributed by atoms with van der Waals surface area (Å²) in [7, 11) is 0. The minimum absolute atomic E-state index is 0.131. The van der Waals surface area contributed by atoms with Crippen LogP contribution < -0.4 is 4.74 Å². The second kappa shape index (κ2) is 9.37. The van der Waals surface area contributed by atoms with E-state index in [9.17, 15) is 9.59 Å². The van der Waals surface area contributed by atoms with Crippen molar-refractivity contribution in [1.82, 2.24) is 4.90 Å². The predicted octanol–water partition coefficient (Wildman–Crippen LogP) is 5.26. The second-order valence-corrected chi connectivity index (χ2v) is 9.03. The Hall–Kier alpha value is -2.79. The van der Waals surface area contributed by atoms with E-state index >= 15 is 0 Å². The van der Waals surface area contributed by atoms with Crippen LogP contribution in [0.15, 0.2) is 54.2 Å². The number of esters is 1. The summed E-state index contributed by atoms with van der Waals surface area (Å²) in [6.07, 6.45) is 2.71. The number of nitrogens with zero attached hydrogens (tertiary/aromatic N) is 1. The highest BCUT2D eigenvalue weighted by molar-refractivity contribution is 6.32. The first-order valence-electron chi connectivity index (χ1n) is 11.1. The summed E-state index contributed by atoms with van der Waals surface area (Å²) in [5.74, 6) is 0.227. The fourth-order valence-corrected chi connectivity index (χ4v) is 4.76. The summed E-state index contributed by atoms with van der Waals surface area (Å²) in [5, 5.41) is 0.523. The Balaban J connectivity index is 1.66. The molecular weight excluding hydrogens is 426 g/mol. The normalized spacial score (nSPS) is 19.8. The minimum atomic E-state index is -0.549. The van der Waals surface area contributed by atoms with E-state index in [0.29, 0.717) is 23.3 Å². The molecule has 2 heterocycles. The van der Waals surface area contributed by atoms with Gasteiger partial charge >= 0.3 is 5.97 Å². The zero-order valence-corrected chi connectivity index (χ0v) is 19.4. The highest BCUT2D eigenvalue weighted by atomic mass is 35.5. The number of rotatable bonds is 6. The van der Waals surface area contributed by atoms with E-state index < -0.39 is 5.97 Å². The van der Waals surface area contributed by atoms with Crippen LogP contribution in [0.4, 0.5) is 0 Å². The van der Waals surface area contributed by atoms with Gasteiger partial charge in [0.25, 0.3) is 0 Å².